The third-order valence-corrected chi connectivity index (χ3v) is 7.90. The van der Waals surface area contributed by atoms with Crippen molar-refractivity contribution in [2.24, 2.45) is 0 Å². The molecule has 4 heterocycles. The van der Waals surface area contributed by atoms with Crippen LogP contribution in [0.5, 0.6) is 0 Å². The van der Waals surface area contributed by atoms with E-state index in [9.17, 15) is 9.59 Å². The minimum Gasteiger partial charge on any atom is -0.369 e. The van der Waals surface area contributed by atoms with Crippen molar-refractivity contribution in [3.8, 4) is 0 Å². The van der Waals surface area contributed by atoms with E-state index in [2.05, 4.69) is 65.6 Å². The Bertz CT molecular complexity index is 1500. The van der Waals surface area contributed by atoms with Crippen LogP contribution < -0.4 is 15.1 Å². The van der Waals surface area contributed by atoms with Gasteiger partial charge < -0.3 is 15.1 Å². The molecule has 41 heavy (non-hydrogen) atoms. The van der Waals surface area contributed by atoms with Crippen LogP contribution in [-0.4, -0.2) is 76.1 Å². The molecule has 2 amide bonds. The van der Waals surface area contributed by atoms with Crippen LogP contribution in [0.1, 0.15) is 39.6 Å². The van der Waals surface area contributed by atoms with Crippen LogP contribution in [0.25, 0.3) is 0 Å². The Morgan fingerprint density at radius 2 is 1.78 bits per heavy atom. The number of rotatable bonds is 7. The van der Waals surface area contributed by atoms with Gasteiger partial charge in [0.2, 0.25) is 11.7 Å². The summed E-state index contributed by atoms with van der Waals surface area (Å²) in [6, 6.07) is 19.7. The number of anilines is 2. The normalized spacial score (nSPS) is 17.7. The van der Waals surface area contributed by atoms with E-state index in [1.807, 2.05) is 42.7 Å². The number of carbonyl (C=O) groups excluding carboxylic acids is 2. The Morgan fingerprint density at radius 3 is 2.56 bits per heavy atom. The fourth-order valence-electron chi connectivity index (χ4n) is 5.61. The zero-order valence-corrected chi connectivity index (χ0v) is 23.2. The number of likely N-dealkylation sites (N-methyl/N-ethyl adjacent to an activating group) is 1. The standard InChI is InChI=1S/C31H34N8O2/c1-37-27-19-23(21-38-15-17-39(18-16-38)25-11-13-32-14-12-25)7-8-24(27)9-10-26(31(37)41)33-30(40)29-34-28(35-36-29)20-22-5-3-2-4-6-22/h2-8,11-14,19,26H,9-10,15-18,20-21H2,1H3,(H,33,40)(H,34,35,36)/t26-/m1/s1. The SMILES string of the molecule is CN1C(=O)[C@H](NC(=O)c2n[nH]c(Cc3ccccc3)n2)CCc2ccc(CN3CCN(c4ccncc4)CC3)cc21. The van der Waals surface area contributed by atoms with Crippen LogP contribution in [-0.2, 0) is 24.2 Å². The second-order valence-electron chi connectivity index (χ2n) is 10.7. The Kier molecular flexibility index (Phi) is 7.73. The molecule has 0 spiro atoms. The second-order valence-corrected chi connectivity index (χ2v) is 10.7. The molecule has 2 aliphatic heterocycles. The molecule has 0 radical (unpaired) electrons. The highest BCUT2D eigenvalue weighted by Gasteiger charge is 2.31. The molecule has 1 fully saturated rings. The van der Waals surface area contributed by atoms with Gasteiger partial charge in [-0.15, -0.1) is 5.10 Å². The first kappa shape index (κ1) is 26.6. The van der Waals surface area contributed by atoms with Gasteiger partial charge in [-0.3, -0.25) is 24.6 Å². The molecule has 0 saturated carbocycles. The van der Waals surface area contributed by atoms with E-state index in [0.29, 0.717) is 25.1 Å². The molecule has 1 saturated heterocycles. The highest BCUT2D eigenvalue weighted by Crippen LogP contribution is 2.28. The Labute approximate surface area is 239 Å². The lowest BCUT2D eigenvalue weighted by Crippen LogP contribution is -2.47. The van der Waals surface area contributed by atoms with Crippen molar-refractivity contribution in [3.63, 3.8) is 0 Å². The predicted molar refractivity (Wildman–Crippen MR) is 157 cm³/mol. The average Bonchev–Trinajstić information content (AvgIpc) is 3.45. The van der Waals surface area contributed by atoms with Crippen molar-refractivity contribution in [3.05, 3.63) is 101 Å². The van der Waals surface area contributed by atoms with E-state index < -0.39 is 11.9 Å². The molecule has 0 aliphatic carbocycles. The maximum Gasteiger partial charge on any atom is 0.291 e. The van der Waals surface area contributed by atoms with Crippen molar-refractivity contribution in [2.45, 2.75) is 31.8 Å². The van der Waals surface area contributed by atoms with Gasteiger partial charge in [-0.05, 0) is 47.7 Å². The summed E-state index contributed by atoms with van der Waals surface area (Å²) >= 11 is 0. The number of H-pyrrole nitrogens is 1. The summed E-state index contributed by atoms with van der Waals surface area (Å²) < 4.78 is 0. The Morgan fingerprint density at radius 1 is 1.00 bits per heavy atom. The molecule has 2 aromatic heterocycles. The number of amides is 2. The zero-order chi connectivity index (χ0) is 28.2. The number of benzene rings is 2. The van der Waals surface area contributed by atoms with E-state index in [4.69, 9.17) is 0 Å². The molecule has 210 valence electrons. The fraction of sp³-hybridized carbons (Fsp3) is 0.323. The van der Waals surface area contributed by atoms with Crippen molar-refractivity contribution in [1.29, 1.82) is 0 Å². The lowest BCUT2D eigenvalue weighted by molar-refractivity contribution is -0.120. The lowest BCUT2D eigenvalue weighted by Gasteiger charge is -2.36. The van der Waals surface area contributed by atoms with Gasteiger partial charge >= 0.3 is 0 Å². The minimum absolute atomic E-state index is 0.0412. The molecule has 2 N–H and O–H groups in total. The molecule has 2 aromatic carbocycles. The van der Waals surface area contributed by atoms with Crippen LogP contribution >= 0.6 is 0 Å². The largest absolute Gasteiger partial charge is 0.369 e. The van der Waals surface area contributed by atoms with E-state index >= 15 is 0 Å². The molecule has 4 aromatic rings. The van der Waals surface area contributed by atoms with Crippen molar-refractivity contribution in [1.82, 2.24) is 30.4 Å². The predicted octanol–water partition coefficient (Wildman–Crippen LogP) is 2.82. The molecule has 6 rings (SSSR count). The number of nitrogens with zero attached hydrogens (tertiary/aromatic N) is 6. The number of hydrogen-bond acceptors (Lipinski definition) is 7. The van der Waals surface area contributed by atoms with Gasteiger partial charge in [0, 0.05) is 70.0 Å². The fourth-order valence-corrected chi connectivity index (χ4v) is 5.61. The van der Waals surface area contributed by atoms with Gasteiger partial charge in [-0.1, -0.05) is 42.5 Å². The lowest BCUT2D eigenvalue weighted by atomic mass is 10.0. The number of fused-ring (bicyclic) bond motifs is 1. The highest BCUT2D eigenvalue weighted by atomic mass is 16.2. The number of hydrogen-bond donors (Lipinski definition) is 2. The summed E-state index contributed by atoms with van der Waals surface area (Å²) in [4.78, 5) is 41.4. The van der Waals surface area contributed by atoms with Crippen LogP contribution in [0, 0.1) is 0 Å². The third-order valence-electron chi connectivity index (χ3n) is 7.90. The zero-order valence-electron chi connectivity index (χ0n) is 23.2. The first-order chi connectivity index (χ1) is 20.0. The van der Waals surface area contributed by atoms with Gasteiger partial charge in [0.25, 0.3) is 5.91 Å². The number of aryl methyl sites for hydroxylation is 1. The maximum atomic E-state index is 13.4. The maximum absolute atomic E-state index is 13.4. The monoisotopic (exact) mass is 550 g/mol. The molecule has 0 unspecified atom stereocenters. The summed E-state index contributed by atoms with van der Waals surface area (Å²) in [5, 5.41) is 9.81. The van der Waals surface area contributed by atoms with Gasteiger partial charge in [0.1, 0.15) is 11.9 Å². The first-order valence-electron chi connectivity index (χ1n) is 14.1. The summed E-state index contributed by atoms with van der Waals surface area (Å²) in [6.07, 6.45) is 5.42. The van der Waals surface area contributed by atoms with E-state index in [-0.39, 0.29) is 11.7 Å². The van der Waals surface area contributed by atoms with Gasteiger partial charge in [0.05, 0.1) is 0 Å². The molecule has 1 atom stereocenters. The molecule has 0 bridgehead atoms. The molecular formula is C31H34N8O2. The topological polar surface area (TPSA) is 110 Å². The Balaban J connectivity index is 1.07. The summed E-state index contributed by atoms with van der Waals surface area (Å²) in [5.41, 5.74) is 5.47. The van der Waals surface area contributed by atoms with Crippen molar-refractivity contribution >= 4 is 23.2 Å². The van der Waals surface area contributed by atoms with Crippen molar-refractivity contribution in [2.75, 3.05) is 43.0 Å². The number of aromatic nitrogens is 4. The van der Waals surface area contributed by atoms with Crippen molar-refractivity contribution < 1.29 is 9.59 Å². The molecular weight excluding hydrogens is 516 g/mol. The van der Waals surface area contributed by atoms with Crippen LogP contribution in [0.15, 0.2) is 73.1 Å². The molecule has 10 heteroatoms. The summed E-state index contributed by atoms with van der Waals surface area (Å²) in [5.74, 6) is 0.0500. The number of pyridine rings is 1. The number of aromatic amines is 1. The second kappa shape index (κ2) is 11.9. The Hall–Kier alpha value is -4.57. The number of nitrogens with one attached hydrogen (secondary N) is 2. The van der Waals surface area contributed by atoms with Crippen LogP contribution in [0.2, 0.25) is 0 Å². The quantitative estimate of drug-likeness (QED) is 0.364. The number of piperazine rings is 1. The minimum atomic E-state index is -0.652. The van der Waals surface area contributed by atoms with Crippen LogP contribution in [0.4, 0.5) is 11.4 Å². The third kappa shape index (κ3) is 6.12. The van der Waals surface area contributed by atoms with Gasteiger partial charge in [-0.2, -0.15) is 0 Å². The van der Waals surface area contributed by atoms with Gasteiger partial charge in [0.15, 0.2) is 0 Å². The smallest absolute Gasteiger partial charge is 0.291 e. The first-order valence-corrected chi connectivity index (χ1v) is 14.1. The molecule has 2 aliphatic rings. The summed E-state index contributed by atoms with van der Waals surface area (Å²) in [7, 11) is 1.79. The van der Waals surface area contributed by atoms with Crippen LogP contribution in [0.3, 0.4) is 0 Å². The summed E-state index contributed by atoms with van der Waals surface area (Å²) in [6.45, 7) is 4.70. The average molecular weight is 551 g/mol. The van der Waals surface area contributed by atoms with E-state index in [1.165, 1.54) is 11.3 Å². The van der Waals surface area contributed by atoms with Gasteiger partial charge in [-0.25, -0.2) is 4.98 Å². The number of carbonyl (C=O) groups is 2. The van der Waals surface area contributed by atoms with E-state index in [1.54, 1.807) is 11.9 Å². The molecule has 10 nitrogen and oxygen atoms in total. The highest BCUT2D eigenvalue weighted by molar-refractivity contribution is 6.02. The van der Waals surface area contributed by atoms with E-state index in [0.717, 1.165) is 49.5 Å².